The van der Waals surface area contributed by atoms with Crippen LogP contribution in [0.15, 0.2) is 4.52 Å². The van der Waals surface area contributed by atoms with Gasteiger partial charge in [0.05, 0.1) is 25.0 Å². The Bertz CT molecular complexity index is 754. The molecule has 3 rings (SSSR count). The Kier molecular flexibility index (Phi) is 6.21. The van der Waals surface area contributed by atoms with E-state index in [1.165, 1.54) is 7.11 Å². The second kappa shape index (κ2) is 8.33. The third-order valence-electron chi connectivity index (χ3n) is 5.54. The minimum atomic E-state index is -3.13. The number of piperidine rings is 2. The standard InChI is InChI=1S/C19H28F2N4O4/c1-13(2)16-22-14(23-29-16)9-15(26)25-11-18(10-19(20,21)12-25)5-4-6-24(17(18)27)7-8-28-3/h13H,4-12H2,1-3H3. The molecule has 3 heterocycles. The van der Waals surface area contributed by atoms with Gasteiger partial charge in [0, 0.05) is 39.1 Å². The molecule has 2 saturated heterocycles. The zero-order chi connectivity index (χ0) is 21.2. The maximum atomic E-state index is 14.6. The zero-order valence-electron chi connectivity index (χ0n) is 17.1. The molecule has 1 unspecified atom stereocenters. The summed E-state index contributed by atoms with van der Waals surface area (Å²) in [7, 11) is 1.53. The Hall–Kier alpha value is -2.10. The first-order valence-corrected chi connectivity index (χ1v) is 9.92. The van der Waals surface area contributed by atoms with Crippen molar-refractivity contribution < 1.29 is 27.6 Å². The summed E-state index contributed by atoms with van der Waals surface area (Å²) in [6, 6.07) is 0. The summed E-state index contributed by atoms with van der Waals surface area (Å²) in [4.78, 5) is 32.6. The molecule has 0 N–H and O–H groups in total. The van der Waals surface area contributed by atoms with Gasteiger partial charge in [0.2, 0.25) is 17.7 Å². The normalized spacial score (nSPS) is 24.6. The molecule has 2 aliphatic heterocycles. The number of methoxy groups -OCH3 is 1. The number of carbonyl (C=O) groups is 2. The van der Waals surface area contributed by atoms with Crippen molar-refractivity contribution in [1.82, 2.24) is 19.9 Å². The molecular weight excluding hydrogens is 386 g/mol. The van der Waals surface area contributed by atoms with Crippen molar-refractivity contribution >= 4 is 11.8 Å². The van der Waals surface area contributed by atoms with E-state index >= 15 is 0 Å². The van der Waals surface area contributed by atoms with Crippen molar-refractivity contribution in [3.8, 4) is 0 Å². The molecule has 0 radical (unpaired) electrons. The van der Waals surface area contributed by atoms with E-state index in [2.05, 4.69) is 10.1 Å². The number of amides is 2. The van der Waals surface area contributed by atoms with Crippen molar-refractivity contribution in [2.24, 2.45) is 5.41 Å². The maximum absolute atomic E-state index is 14.6. The second-order valence-electron chi connectivity index (χ2n) is 8.33. The highest BCUT2D eigenvalue weighted by atomic mass is 19.3. The van der Waals surface area contributed by atoms with Crippen LogP contribution in [0.5, 0.6) is 0 Å². The Balaban J connectivity index is 1.76. The van der Waals surface area contributed by atoms with E-state index in [0.717, 1.165) is 4.90 Å². The van der Waals surface area contributed by atoms with E-state index in [1.54, 1.807) is 4.90 Å². The first-order valence-electron chi connectivity index (χ1n) is 9.92. The topological polar surface area (TPSA) is 88.8 Å². The van der Waals surface area contributed by atoms with E-state index in [1.807, 2.05) is 13.8 Å². The van der Waals surface area contributed by atoms with Crippen molar-refractivity contribution in [3.63, 3.8) is 0 Å². The average molecular weight is 414 g/mol. The zero-order valence-corrected chi connectivity index (χ0v) is 17.1. The Morgan fingerprint density at radius 2 is 2.10 bits per heavy atom. The number of ether oxygens (including phenoxy) is 1. The van der Waals surface area contributed by atoms with Gasteiger partial charge in [-0.2, -0.15) is 4.98 Å². The number of likely N-dealkylation sites (tertiary alicyclic amines) is 2. The summed E-state index contributed by atoms with van der Waals surface area (Å²) in [6.45, 7) is 4.25. The lowest BCUT2D eigenvalue weighted by Crippen LogP contribution is -2.62. The minimum Gasteiger partial charge on any atom is -0.383 e. The van der Waals surface area contributed by atoms with Gasteiger partial charge >= 0.3 is 0 Å². The van der Waals surface area contributed by atoms with Crippen LogP contribution in [-0.4, -0.2) is 77.6 Å². The van der Waals surface area contributed by atoms with E-state index in [-0.39, 0.29) is 30.6 Å². The Morgan fingerprint density at radius 1 is 1.34 bits per heavy atom. The van der Waals surface area contributed by atoms with Gasteiger partial charge in [-0.1, -0.05) is 19.0 Å². The van der Waals surface area contributed by atoms with Gasteiger partial charge in [0.1, 0.15) is 0 Å². The van der Waals surface area contributed by atoms with Crippen molar-refractivity contribution in [2.45, 2.75) is 51.4 Å². The van der Waals surface area contributed by atoms with Crippen LogP contribution in [0, 0.1) is 5.41 Å². The van der Waals surface area contributed by atoms with E-state index in [9.17, 15) is 18.4 Å². The molecule has 1 atom stereocenters. The fourth-order valence-corrected chi connectivity index (χ4v) is 4.18. The summed E-state index contributed by atoms with van der Waals surface area (Å²) in [5.41, 5.74) is -1.26. The largest absolute Gasteiger partial charge is 0.383 e. The van der Waals surface area contributed by atoms with Gasteiger partial charge in [-0.3, -0.25) is 9.59 Å². The van der Waals surface area contributed by atoms with E-state index in [0.29, 0.717) is 38.4 Å². The molecule has 1 aromatic rings. The maximum Gasteiger partial charge on any atom is 0.266 e. The molecule has 2 amide bonds. The number of aromatic nitrogens is 2. The average Bonchev–Trinajstić information content (AvgIpc) is 3.10. The molecule has 2 fully saturated rings. The fourth-order valence-electron chi connectivity index (χ4n) is 4.18. The number of nitrogens with zero attached hydrogens (tertiary/aromatic N) is 4. The van der Waals surface area contributed by atoms with Gasteiger partial charge in [0.25, 0.3) is 5.92 Å². The van der Waals surface area contributed by atoms with Crippen LogP contribution in [0.2, 0.25) is 0 Å². The molecule has 29 heavy (non-hydrogen) atoms. The van der Waals surface area contributed by atoms with Crippen molar-refractivity contribution in [3.05, 3.63) is 11.7 Å². The third-order valence-corrected chi connectivity index (χ3v) is 5.54. The molecule has 1 aromatic heterocycles. The SMILES string of the molecule is COCCN1CCCC2(CN(C(=O)Cc3noc(C(C)C)n3)CC(F)(F)C2)C1=O. The molecule has 162 valence electrons. The van der Waals surface area contributed by atoms with Gasteiger partial charge in [-0.15, -0.1) is 0 Å². The summed E-state index contributed by atoms with van der Waals surface area (Å²) in [5.74, 6) is -3.41. The lowest BCUT2D eigenvalue weighted by Gasteiger charge is -2.49. The number of alkyl halides is 2. The van der Waals surface area contributed by atoms with Crippen LogP contribution in [0.1, 0.15) is 50.7 Å². The highest BCUT2D eigenvalue weighted by Gasteiger charge is 2.56. The highest BCUT2D eigenvalue weighted by molar-refractivity contribution is 5.86. The molecule has 2 aliphatic rings. The molecule has 1 spiro atoms. The van der Waals surface area contributed by atoms with E-state index in [4.69, 9.17) is 9.26 Å². The van der Waals surface area contributed by atoms with Gasteiger partial charge in [0.15, 0.2) is 5.82 Å². The van der Waals surface area contributed by atoms with Crippen molar-refractivity contribution in [1.29, 1.82) is 0 Å². The van der Waals surface area contributed by atoms with Crippen LogP contribution in [0.3, 0.4) is 0 Å². The van der Waals surface area contributed by atoms with Crippen molar-refractivity contribution in [2.75, 3.05) is 39.9 Å². The molecule has 0 saturated carbocycles. The van der Waals surface area contributed by atoms with Gasteiger partial charge in [-0.25, -0.2) is 8.78 Å². The quantitative estimate of drug-likeness (QED) is 0.706. The van der Waals surface area contributed by atoms with Crippen LogP contribution in [0.25, 0.3) is 0 Å². The predicted molar refractivity (Wildman–Crippen MR) is 98.4 cm³/mol. The smallest absolute Gasteiger partial charge is 0.266 e. The molecule has 0 aliphatic carbocycles. The molecule has 0 aromatic carbocycles. The number of halogens is 2. The number of hydrogen-bond donors (Lipinski definition) is 0. The Morgan fingerprint density at radius 3 is 2.76 bits per heavy atom. The molecular formula is C19H28F2N4O4. The molecule has 0 bridgehead atoms. The fraction of sp³-hybridized carbons (Fsp3) is 0.789. The number of hydrogen-bond acceptors (Lipinski definition) is 6. The minimum absolute atomic E-state index is 0.00637. The third kappa shape index (κ3) is 4.73. The predicted octanol–water partition coefficient (Wildman–Crippen LogP) is 1.86. The lowest BCUT2D eigenvalue weighted by atomic mass is 9.71. The van der Waals surface area contributed by atoms with Gasteiger partial charge < -0.3 is 19.1 Å². The van der Waals surface area contributed by atoms with Crippen LogP contribution < -0.4 is 0 Å². The Labute approximate surface area is 168 Å². The van der Waals surface area contributed by atoms with Crippen LogP contribution in [0.4, 0.5) is 8.78 Å². The summed E-state index contributed by atoms with van der Waals surface area (Å²) >= 11 is 0. The summed E-state index contributed by atoms with van der Waals surface area (Å²) in [5, 5.41) is 3.76. The van der Waals surface area contributed by atoms with Gasteiger partial charge in [-0.05, 0) is 12.8 Å². The van der Waals surface area contributed by atoms with E-state index < -0.39 is 30.2 Å². The monoisotopic (exact) mass is 414 g/mol. The lowest BCUT2D eigenvalue weighted by molar-refractivity contribution is -0.174. The summed E-state index contributed by atoms with van der Waals surface area (Å²) in [6.07, 6.45) is 0.195. The molecule has 8 nitrogen and oxygen atoms in total. The summed E-state index contributed by atoms with van der Waals surface area (Å²) < 4.78 is 39.3. The first-order chi connectivity index (χ1) is 13.7. The van der Waals surface area contributed by atoms with Crippen LogP contribution >= 0.6 is 0 Å². The van der Waals surface area contributed by atoms with Crippen LogP contribution in [-0.2, 0) is 20.7 Å². The highest BCUT2D eigenvalue weighted by Crippen LogP contribution is 2.45. The number of rotatable bonds is 6. The number of carbonyl (C=O) groups excluding carboxylic acids is 2. The molecule has 10 heteroatoms. The first kappa shape index (κ1) is 21.6. The second-order valence-corrected chi connectivity index (χ2v) is 8.33.